The summed E-state index contributed by atoms with van der Waals surface area (Å²) in [6, 6.07) is 17.7. The minimum atomic E-state index is -0.373. The lowest BCUT2D eigenvalue weighted by atomic mass is 10.1. The van der Waals surface area contributed by atoms with Crippen molar-refractivity contribution in [1.29, 1.82) is 0 Å². The van der Waals surface area contributed by atoms with Gasteiger partial charge in [0.1, 0.15) is 5.82 Å². The molecule has 1 aliphatic rings. The predicted octanol–water partition coefficient (Wildman–Crippen LogP) is 4.23. The highest BCUT2D eigenvalue weighted by Gasteiger charge is 2.22. The number of hydrogen-bond donors (Lipinski definition) is 0. The highest BCUT2D eigenvalue weighted by Crippen LogP contribution is 2.31. The maximum absolute atomic E-state index is 14.8. The van der Waals surface area contributed by atoms with E-state index in [0.717, 1.165) is 11.1 Å². The Kier molecular flexibility index (Phi) is 6.64. The van der Waals surface area contributed by atoms with Gasteiger partial charge in [-0.05, 0) is 35.9 Å². The zero-order valence-corrected chi connectivity index (χ0v) is 19.1. The van der Waals surface area contributed by atoms with Gasteiger partial charge in [0.2, 0.25) is 0 Å². The number of para-hydroxylation sites is 1. The van der Waals surface area contributed by atoms with Gasteiger partial charge in [0, 0.05) is 42.4 Å². The maximum atomic E-state index is 14.8. The van der Waals surface area contributed by atoms with E-state index in [9.17, 15) is 9.18 Å². The molecule has 1 saturated heterocycles. The fourth-order valence-corrected chi connectivity index (χ4v) is 4.78. The number of thioether (sulfide) groups is 1. The van der Waals surface area contributed by atoms with Crippen LogP contribution in [0, 0.1) is 5.82 Å². The van der Waals surface area contributed by atoms with Crippen molar-refractivity contribution in [2.75, 3.05) is 26.3 Å². The number of benzene rings is 2. The van der Waals surface area contributed by atoms with Crippen LogP contribution in [0.2, 0.25) is 0 Å². The summed E-state index contributed by atoms with van der Waals surface area (Å²) in [5, 5.41) is 9.26. The Bertz CT molecular complexity index is 1290. The molecule has 0 unspecified atom stereocenters. The summed E-state index contributed by atoms with van der Waals surface area (Å²) >= 11 is 1.41. The highest BCUT2D eigenvalue weighted by atomic mass is 32.2. The molecule has 7 nitrogen and oxygen atoms in total. The van der Waals surface area contributed by atoms with Crippen LogP contribution in [-0.2, 0) is 10.5 Å². The van der Waals surface area contributed by atoms with E-state index in [1.807, 2.05) is 41.3 Å². The molecule has 0 saturated carbocycles. The number of rotatable bonds is 6. The van der Waals surface area contributed by atoms with Crippen LogP contribution in [0.5, 0.6) is 0 Å². The van der Waals surface area contributed by atoms with Gasteiger partial charge in [-0.2, -0.15) is 0 Å². The quantitative estimate of drug-likeness (QED) is 0.389. The number of morpholine rings is 1. The van der Waals surface area contributed by atoms with Gasteiger partial charge >= 0.3 is 0 Å². The molecule has 0 radical (unpaired) electrons. The molecule has 5 rings (SSSR count). The Balaban J connectivity index is 1.47. The zero-order valence-electron chi connectivity index (χ0n) is 18.3. The summed E-state index contributed by atoms with van der Waals surface area (Å²) in [7, 11) is 0. The van der Waals surface area contributed by atoms with Gasteiger partial charge < -0.3 is 9.64 Å². The first-order chi connectivity index (χ1) is 16.7. The normalized spacial score (nSPS) is 13.7. The number of carbonyl (C=O) groups is 1. The van der Waals surface area contributed by atoms with E-state index in [1.54, 1.807) is 35.2 Å². The molecule has 1 fully saturated rings. The minimum Gasteiger partial charge on any atom is -0.378 e. The van der Waals surface area contributed by atoms with E-state index >= 15 is 0 Å². The van der Waals surface area contributed by atoms with E-state index in [-0.39, 0.29) is 11.7 Å². The first kappa shape index (κ1) is 22.2. The Morgan fingerprint density at radius 1 is 0.971 bits per heavy atom. The van der Waals surface area contributed by atoms with Crippen LogP contribution in [0.15, 0.2) is 78.2 Å². The first-order valence-corrected chi connectivity index (χ1v) is 11.9. The highest BCUT2D eigenvalue weighted by molar-refractivity contribution is 7.98. The minimum absolute atomic E-state index is 0.00690. The predicted molar refractivity (Wildman–Crippen MR) is 127 cm³/mol. The monoisotopic (exact) mass is 475 g/mol. The van der Waals surface area contributed by atoms with E-state index in [0.29, 0.717) is 54.3 Å². The molecule has 1 amide bonds. The van der Waals surface area contributed by atoms with Gasteiger partial charge in [-0.1, -0.05) is 42.1 Å². The van der Waals surface area contributed by atoms with E-state index in [2.05, 4.69) is 15.2 Å². The van der Waals surface area contributed by atoms with Crippen molar-refractivity contribution in [2.45, 2.75) is 10.9 Å². The van der Waals surface area contributed by atoms with E-state index < -0.39 is 0 Å². The smallest absolute Gasteiger partial charge is 0.254 e. The van der Waals surface area contributed by atoms with Crippen LogP contribution >= 0.6 is 11.8 Å². The number of hydrogen-bond acceptors (Lipinski definition) is 6. The van der Waals surface area contributed by atoms with Crippen LogP contribution in [-0.4, -0.2) is 56.9 Å². The number of aromatic nitrogens is 4. The number of amides is 1. The SMILES string of the molecule is O=C(c1ccccc1CSc1nnc(-c2ccncc2)n1-c1ccccc1F)N1CCOCC1. The Hall–Kier alpha value is -3.56. The van der Waals surface area contributed by atoms with Crippen molar-refractivity contribution in [3.05, 3.63) is 90.0 Å². The molecule has 0 aliphatic carbocycles. The van der Waals surface area contributed by atoms with Crippen LogP contribution < -0.4 is 0 Å². The van der Waals surface area contributed by atoms with Crippen LogP contribution in [0.4, 0.5) is 4.39 Å². The molecule has 2 aromatic heterocycles. The Morgan fingerprint density at radius 2 is 1.71 bits per heavy atom. The lowest BCUT2D eigenvalue weighted by Gasteiger charge is -2.27. The summed E-state index contributed by atoms with van der Waals surface area (Å²) in [6.07, 6.45) is 3.33. The number of nitrogens with zero attached hydrogens (tertiary/aromatic N) is 5. The first-order valence-electron chi connectivity index (χ1n) is 10.9. The van der Waals surface area contributed by atoms with Crippen LogP contribution in [0.25, 0.3) is 17.1 Å². The molecule has 0 spiro atoms. The fourth-order valence-electron chi connectivity index (χ4n) is 3.84. The average Bonchev–Trinajstić information content (AvgIpc) is 3.32. The van der Waals surface area contributed by atoms with Crippen molar-refractivity contribution in [3.8, 4) is 17.1 Å². The summed E-state index contributed by atoms with van der Waals surface area (Å²) in [4.78, 5) is 19.0. The van der Waals surface area contributed by atoms with Gasteiger partial charge in [0.05, 0.1) is 18.9 Å². The number of halogens is 1. The second-order valence-corrected chi connectivity index (χ2v) is 8.62. The molecule has 2 aromatic carbocycles. The lowest BCUT2D eigenvalue weighted by molar-refractivity contribution is 0.0302. The molecule has 0 N–H and O–H groups in total. The standard InChI is InChI=1S/C25H22FN5O2S/c26-21-7-3-4-8-22(21)31-23(18-9-11-27-12-10-18)28-29-25(31)34-17-19-5-1-2-6-20(19)24(32)30-13-15-33-16-14-30/h1-12H,13-17H2. The number of ether oxygens (including phenoxy) is 1. The molecule has 3 heterocycles. The molecule has 172 valence electrons. The zero-order chi connectivity index (χ0) is 23.3. The van der Waals surface area contributed by atoms with Gasteiger partial charge in [-0.3, -0.25) is 14.3 Å². The second-order valence-electron chi connectivity index (χ2n) is 7.68. The number of pyridine rings is 1. The molecular formula is C25H22FN5O2S. The van der Waals surface area contributed by atoms with Crippen molar-refractivity contribution in [3.63, 3.8) is 0 Å². The van der Waals surface area contributed by atoms with Crippen molar-refractivity contribution in [2.24, 2.45) is 0 Å². The topological polar surface area (TPSA) is 73.1 Å². The van der Waals surface area contributed by atoms with Gasteiger partial charge in [-0.15, -0.1) is 10.2 Å². The van der Waals surface area contributed by atoms with Gasteiger partial charge in [0.25, 0.3) is 5.91 Å². The Morgan fingerprint density at radius 3 is 2.50 bits per heavy atom. The molecule has 0 atom stereocenters. The second kappa shape index (κ2) is 10.1. The molecular weight excluding hydrogens is 453 g/mol. The molecule has 0 bridgehead atoms. The van der Waals surface area contributed by atoms with Crippen molar-refractivity contribution >= 4 is 17.7 Å². The third-order valence-corrected chi connectivity index (χ3v) is 6.55. The summed E-state index contributed by atoms with van der Waals surface area (Å²) in [5.74, 6) is 0.623. The van der Waals surface area contributed by atoms with E-state index in [1.165, 1.54) is 17.8 Å². The largest absolute Gasteiger partial charge is 0.378 e. The van der Waals surface area contributed by atoms with Crippen LogP contribution in [0.3, 0.4) is 0 Å². The third-order valence-electron chi connectivity index (χ3n) is 5.57. The third kappa shape index (κ3) is 4.57. The summed E-state index contributed by atoms with van der Waals surface area (Å²) < 4.78 is 21.9. The molecule has 1 aliphatic heterocycles. The Labute approximate surface area is 200 Å². The van der Waals surface area contributed by atoms with Crippen LogP contribution in [0.1, 0.15) is 15.9 Å². The van der Waals surface area contributed by atoms with Gasteiger partial charge in [-0.25, -0.2) is 4.39 Å². The average molecular weight is 476 g/mol. The fraction of sp³-hybridized carbons (Fsp3) is 0.200. The molecule has 4 aromatic rings. The maximum Gasteiger partial charge on any atom is 0.254 e. The molecule has 9 heteroatoms. The van der Waals surface area contributed by atoms with Gasteiger partial charge in [0.15, 0.2) is 11.0 Å². The van der Waals surface area contributed by atoms with Crippen molar-refractivity contribution in [1.82, 2.24) is 24.6 Å². The van der Waals surface area contributed by atoms with E-state index in [4.69, 9.17) is 4.74 Å². The summed E-state index contributed by atoms with van der Waals surface area (Å²) in [5.41, 5.74) is 2.68. The number of carbonyl (C=O) groups excluding carboxylic acids is 1. The lowest BCUT2D eigenvalue weighted by Crippen LogP contribution is -2.41. The molecule has 34 heavy (non-hydrogen) atoms. The summed E-state index contributed by atoms with van der Waals surface area (Å²) in [6.45, 7) is 2.26. The van der Waals surface area contributed by atoms with Crippen molar-refractivity contribution < 1.29 is 13.9 Å².